The molecule has 2 aromatic heterocycles. The van der Waals surface area contributed by atoms with Crippen LogP contribution in [0.15, 0.2) is 28.4 Å². The van der Waals surface area contributed by atoms with Crippen molar-refractivity contribution in [3.8, 4) is 5.75 Å². The molecular weight excluding hydrogens is 314 g/mol. The monoisotopic (exact) mass is 331 g/mol. The van der Waals surface area contributed by atoms with Gasteiger partial charge < -0.3 is 14.5 Å². The first-order valence-electron chi connectivity index (χ1n) is 7.14. The Morgan fingerprint density at radius 1 is 1.30 bits per heavy atom. The first kappa shape index (κ1) is 15.6. The minimum absolute atomic E-state index is 0.0372. The summed E-state index contributed by atoms with van der Waals surface area (Å²) in [5, 5.41) is 3.39. The number of thiazole rings is 1. The van der Waals surface area contributed by atoms with Gasteiger partial charge in [0.05, 0.1) is 23.7 Å². The van der Waals surface area contributed by atoms with Crippen LogP contribution in [0.25, 0.3) is 10.9 Å². The van der Waals surface area contributed by atoms with Crippen LogP contribution in [0.5, 0.6) is 5.75 Å². The van der Waals surface area contributed by atoms with E-state index in [9.17, 15) is 4.79 Å². The fraction of sp³-hybridized carbons (Fsp3) is 0.312. The number of aromatic amines is 1. The number of hydrogen-bond acceptors (Lipinski definition) is 6. The summed E-state index contributed by atoms with van der Waals surface area (Å²) in [6, 6.07) is 5.26. The van der Waals surface area contributed by atoms with Crippen LogP contribution in [0.4, 0.5) is 0 Å². The van der Waals surface area contributed by atoms with E-state index < -0.39 is 0 Å². The van der Waals surface area contributed by atoms with E-state index in [4.69, 9.17) is 9.47 Å². The van der Waals surface area contributed by atoms with Gasteiger partial charge in [0, 0.05) is 18.9 Å². The van der Waals surface area contributed by atoms with Crippen molar-refractivity contribution in [2.75, 3.05) is 14.2 Å². The second-order valence-electron chi connectivity index (χ2n) is 5.13. The first-order chi connectivity index (χ1) is 11.1. The maximum absolute atomic E-state index is 12.2. The normalized spacial score (nSPS) is 12.5. The highest BCUT2D eigenvalue weighted by Gasteiger charge is 2.11. The smallest absolute Gasteiger partial charge is 0.258 e. The Kier molecular flexibility index (Phi) is 4.40. The van der Waals surface area contributed by atoms with Crippen molar-refractivity contribution in [2.24, 2.45) is 0 Å². The van der Waals surface area contributed by atoms with E-state index >= 15 is 0 Å². The van der Waals surface area contributed by atoms with E-state index in [2.05, 4.69) is 15.0 Å². The Bertz CT molecular complexity index is 888. The van der Waals surface area contributed by atoms with Crippen molar-refractivity contribution in [2.45, 2.75) is 19.4 Å². The van der Waals surface area contributed by atoms with Crippen molar-refractivity contribution in [3.63, 3.8) is 0 Å². The summed E-state index contributed by atoms with van der Waals surface area (Å²) < 4.78 is 10.4. The maximum atomic E-state index is 12.2. The molecule has 0 spiro atoms. The number of H-pyrrole nitrogens is 1. The lowest BCUT2D eigenvalue weighted by Crippen LogP contribution is -2.12. The number of hydrogen-bond donors (Lipinski definition) is 1. The van der Waals surface area contributed by atoms with Crippen molar-refractivity contribution in [3.05, 3.63) is 50.5 Å². The second-order valence-corrected chi connectivity index (χ2v) is 6.02. The Labute approximate surface area is 137 Å². The third kappa shape index (κ3) is 3.25. The SMILES string of the molecule is COc1ccc2nc(Cc3csc([C@H](C)OC)n3)[nH]c(=O)c2c1. The van der Waals surface area contributed by atoms with Crippen LogP contribution in [0.1, 0.15) is 29.6 Å². The standard InChI is InChI=1S/C16H17N3O3S/c1-9(21-2)16-17-10(8-23-16)6-14-18-13-5-4-11(22-3)7-12(13)15(20)19-14/h4-5,7-9H,6H2,1-3H3,(H,18,19,20)/t9-/m0/s1. The highest BCUT2D eigenvalue weighted by Crippen LogP contribution is 2.21. The van der Waals surface area contributed by atoms with Crippen LogP contribution >= 0.6 is 11.3 Å². The topological polar surface area (TPSA) is 77.1 Å². The minimum atomic E-state index is -0.176. The quantitative estimate of drug-likeness (QED) is 0.778. The number of nitrogens with one attached hydrogen (secondary N) is 1. The van der Waals surface area contributed by atoms with Gasteiger partial charge in [0.1, 0.15) is 22.7 Å². The molecule has 7 heteroatoms. The van der Waals surface area contributed by atoms with Crippen LogP contribution in [-0.4, -0.2) is 29.2 Å². The molecule has 120 valence electrons. The molecule has 0 saturated carbocycles. The Balaban J connectivity index is 1.91. The molecule has 0 radical (unpaired) electrons. The van der Waals surface area contributed by atoms with Gasteiger partial charge in [-0.05, 0) is 25.1 Å². The lowest BCUT2D eigenvalue weighted by Gasteiger charge is -2.05. The van der Waals surface area contributed by atoms with Crippen molar-refractivity contribution in [1.82, 2.24) is 15.0 Å². The molecular formula is C16H17N3O3S. The molecule has 0 aliphatic heterocycles. The summed E-state index contributed by atoms with van der Waals surface area (Å²) in [7, 11) is 3.22. The van der Waals surface area contributed by atoms with Gasteiger partial charge in [-0.3, -0.25) is 4.79 Å². The van der Waals surface area contributed by atoms with Gasteiger partial charge in [0.15, 0.2) is 0 Å². The van der Waals surface area contributed by atoms with Crippen LogP contribution in [-0.2, 0) is 11.2 Å². The molecule has 6 nitrogen and oxygen atoms in total. The maximum Gasteiger partial charge on any atom is 0.258 e. The molecule has 3 rings (SSSR count). The van der Waals surface area contributed by atoms with Gasteiger partial charge in [0.2, 0.25) is 0 Å². The molecule has 0 saturated heterocycles. The van der Waals surface area contributed by atoms with E-state index in [1.54, 1.807) is 43.8 Å². The average molecular weight is 331 g/mol. The number of methoxy groups -OCH3 is 2. The van der Waals surface area contributed by atoms with E-state index in [0.717, 1.165) is 10.7 Å². The zero-order valence-corrected chi connectivity index (χ0v) is 13.9. The first-order valence-corrected chi connectivity index (χ1v) is 8.02. The van der Waals surface area contributed by atoms with Gasteiger partial charge >= 0.3 is 0 Å². The molecule has 0 fully saturated rings. The summed E-state index contributed by atoms with van der Waals surface area (Å²) in [4.78, 5) is 24.1. The Morgan fingerprint density at radius 2 is 2.13 bits per heavy atom. The fourth-order valence-electron chi connectivity index (χ4n) is 2.24. The molecule has 2 heterocycles. The number of fused-ring (bicyclic) bond motifs is 1. The second kappa shape index (κ2) is 6.47. The Hall–Kier alpha value is -2.25. The van der Waals surface area contributed by atoms with E-state index in [1.807, 2.05) is 12.3 Å². The zero-order valence-electron chi connectivity index (χ0n) is 13.1. The third-order valence-corrected chi connectivity index (χ3v) is 4.64. The van der Waals surface area contributed by atoms with Gasteiger partial charge in [-0.15, -0.1) is 11.3 Å². The number of ether oxygens (including phenoxy) is 2. The van der Waals surface area contributed by atoms with E-state index in [1.165, 1.54) is 0 Å². The van der Waals surface area contributed by atoms with E-state index in [-0.39, 0.29) is 11.7 Å². The van der Waals surface area contributed by atoms with Crippen LogP contribution in [0.3, 0.4) is 0 Å². The highest BCUT2D eigenvalue weighted by molar-refractivity contribution is 7.09. The fourth-order valence-corrected chi connectivity index (χ4v) is 3.09. The molecule has 0 bridgehead atoms. The van der Waals surface area contributed by atoms with Crippen LogP contribution in [0.2, 0.25) is 0 Å². The molecule has 1 N–H and O–H groups in total. The predicted molar refractivity (Wildman–Crippen MR) is 89.3 cm³/mol. The molecule has 1 atom stereocenters. The van der Waals surface area contributed by atoms with Gasteiger partial charge in [-0.25, -0.2) is 9.97 Å². The third-order valence-electron chi connectivity index (χ3n) is 3.58. The average Bonchev–Trinajstić information content (AvgIpc) is 3.02. The van der Waals surface area contributed by atoms with Gasteiger partial charge in [0.25, 0.3) is 5.56 Å². The molecule has 3 aromatic rings. The largest absolute Gasteiger partial charge is 0.497 e. The van der Waals surface area contributed by atoms with Crippen LogP contribution < -0.4 is 10.3 Å². The van der Waals surface area contributed by atoms with E-state index in [0.29, 0.717) is 28.9 Å². The minimum Gasteiger partial charge on any atom is -0.497 e. The zero-order chi connectivity index (χ0) is 16.4. The molecule has 0 amide bonds. The molecule has 0 aliphatic rings. The number of nitrogens with zero attached hydrogens (tertiary/aromatic N) is 2. The number of aromatic nitrogens is 3. The van der Waals surface area contributed by atoms with Crippen LogP contribution in [0, 0.1) is 0 Å². The highest BCUT2D eigenvalue weighted by atomic mass is 32.1. The van der Waals surface area contributed by atoms with Crippen molar-refractivity contribution >= 4 is 22.2 Å². The number of rotatable bonds is 5. The summed E-state index contributed by atoms with van der Waals surface area (Å²) in [5.41, 5.74) is 1.33. The van der Waals surface area contributed by atoms with Crippen molar-refractivity contribution < 1.29 is 9.47 Å². The molecule has 23 heavy (non-hydrogen) atoms. The lowest BCUT2D eigenvalue weighted by molar-refractivity contribution is 0.119. The lowest BCUT2D eigenvalue weighted by atomic mass is 10.2. The predicted octanol–water partition coefficient (Wildman–Crippen LogP) is 2.69. The summed E-state index contributed by atoms with van der Waals surface area (Å²) in [6.45, 7) is 1.95. The van der Waals surface area contributed by atoms with Gasteiger partial charge in [-0.2, -0.15) is 0 Å². The Morgan fingerprint density at radius 3 is 2.87 bits per heavy atom. The molecule has 1 aromatic carbocycles. The summed E-state index contributed by atoms with van der Waals surface area (Å²) in [5.74, 6) is 1.23. The summed E-state index contributed by atoms with van der Waals surface area (Å²) in [6.07, 6.45) is 0.439. The number of benzene rings is 1. The van der Waals surface area contributed by atoms with Crippen molar-refractivity contribution in [1.29, 1.82) is 0 Å². The molecule has 0 unspecified atom stereocenters. The summed E-state index contributed by atoms with van der Waals surface area (Å²) >= 11 is 1.54. The molecule has 0 aliphatic carbocycles. The van der Waals surface area contributed by atoms with Gasteiger partial charge in [-0.1, -0.05) is 0 Å².